The van der Waals surface area contributed by atoms with Crippen LogP contribution in [0, 0.1) is 0 Å². The zero-order valence-electron chi connectivity index (χ0n) is 17.6. The molecule has 3 amide bonds. The largest absolute Gasteiger partial charge is 0.492 e. The van der Waals surface area contributed by atoms with Crippen molar-refractivity contribution < 1.29 is 14.3 Å². The summed E-state index contributed by atoms with van der Waals surface area (Å²) < 4.78 is 5.63. The third kappa shape index (κ3) is 7.86. The Kier molecular flexibility index (Phi) is 8.07. The smallest absolute Gasteiger partial charge is 0.315 e. The number of hydrogen-bond donors (Lipinski definition) is 3. The van der Waals surface area contributed by atoms with E-state index < -0.39 is 0 Å². The van der Waals surface area contributed by atoms with E-state index in [1.165, 1.54) is 12.5 Å². The quantitative estimate of drug-likeness (QED) is 0.558. The molecule has 0 bridgehead atoms. The summed E-state index contributed by atoms with van der Waals surface area (Å²) in [6.45, 7) is 8.54. The molecule has 0 aromatic heterocycles. The fourth-order valence-corrected chi connectivity index (χ4v) is 3.30. The Morgan fingerprint density at radius 1 is 1.07 bits per heavy atom. The van der Waals surface area contributed by atoms with Crippen molar-refractivity contribution in [3.8, 4) is 5.75 Å². The lowest BCUT2D eigenvalue weighted by Gasteiger charge is -2.29. The van der Waals surface area contributed by atoms with Gasteiger partial charge in [0, 0.05) is 24.7 Å². The van der Waals surface area contributed by atoms with Gasteiger partial charge in [0.25, 0.3) is 0 Å². The number of urea groups is 1. The van der Waals surface area contributed by atoms with Crippen LogP contribution in [0.15, 0.2) is 54.6 Å². The molecule has 156 valence electrons. The van der Waals surface area contributed by atoms with Crippen molar-refractivity contribution >= 4 is 17.6 Å². The van der Waals surface area contributed by atoms with Crippen molar-refractivity contribution in [1.29, 1.82) is 0 Å². The second kappa shape index (κ2) is 10.5. The van der Waals surface area contributed by atoms with Crippen LogP contribution in [0.2, 0.25) is 0 Å². The molecule has 0 saturated heterocycles. The van der Waals surface area contributed by atoms with Crippen molar-refractivity contribution in [3.05, 3.63) is 60.2 Å². The van der Waals surface area contributed by atoms with E-state index in [0.717, 1.165) is 6.42 Å². The summed E-state index contributed by atoms with van der Waals surface area (Å²) in [4.78, 5) is 23.2. The maximum absolute atomic E-state index is 12.1. The van der Waals surface area contributed by atoms with E-state index in [1.54, 1.807) is 24.3 Å². The van der Waals surface area contributed by atoms with Gasteiger partial charge >= 0.3 is 6.03 Å². The Bertz CT molecular complexity index is 806. The molecule has 6 nitrogen and oxygen atoms in total. The Hall–Kier alpha value is -3.02. The van der Waals surface area contributed by atoms with Gasteiger partial charge < -0.3 is 20.7 Å². The number of rotatable bonds is 9. The number of amides is 3. The second-order valence-electron chi connectivity index (χ2n) is 7.81. The summed E-state index contributed by atoms with van der Waals surface area (Å²) in [5.74, 6) is 0.501. The van der Waals surface area contributed by atoms with Gasteiger partial charge in [-0.15, -0.1) is 0 Å². The first-order valence-electron chi connectivity index (χ1n) is 9.86. The second-order valence-corrected chi connectivity index (χ2v) is 7.81. The first kappa shape index (κ1) is 22.3. The van der Waals surface area contributed by atoms with E-state index in [1.807, 2.05) is 25.1 Å². The third-order valence-corrected chi connectivity index (χ3v) is 4.56. The van der Waals surface area contributed by atoms with E-state index in [0.29, 0.717) is 24.6 Å². The monoisotopic (exact) mass is 397 g/mol. The number of benzene rings is 2. The lowest BCUT2D eigenvalue weighted by atomic mass is 9.79. The third-order valence-electron chi connectivity index (χ3n) is 4.56. The molecular weight excluding hydrogens is 366 g/mol. The molecule has 2 aromatic carbocycles. The van der Waals surface area contributed by atoms with Crippen LogP contribution in [0.25, 0.3) is 0 Å². The average Bonchev–Trinajstić information content (AvgIpc) is 2.65. The van der Waals surface area contributed by atoms with Crippen molar-refractivity contribution in [2.75, 3.05) is 18.5 Å². The van der Waals surface area contributed by atoms with Gasteiger partial charge in [-0.25, -0.2) is 4.79 Å². The fraction of sp³-hybridized carbons (Fsp3) is 0.391. The van der Waals surface area contributed by atoms with Gasteiger partial charge in [-0.1, -0.05) is 50.2 Å². The summed E-state index contributed by atoms with van der Waals surface area (Å²) >= 11 is 0. The van der Waals surface area contributed by atoms with Gasteiger partial charge in [-0.2, -0.15) is 0 Å². The van der Waals surface area contributed by atoms with Crippen molar-refractivity contribution in [1.82, 2.24) is 10.6 Å². The zero-order chi connectivity index (χ0) is 21.3. The maximum Gasteiger partial charge on any atom is 0.315 e. The minimum Gasteiger partial charge on any atom is -0.492 e. The van der Waals surface area contributed by atoms with Gasteiger partial charge in [0.1, 0.15) is 12.4 Å². The van der Waals surface area contributed by atoms with Crippen LogP contribution >= 0.6 is 0 Å². The van der Waals surface area contributed by atoms with E-state index in [4.69, 9.17) is 4.74 Å². The molecule has 0 saturated carbocycles. The van der Waals surface area contributed by atoms with Crippen LogP contribution in [0.3, 0.4) is 0 Å². The summed E-state index contributed by atoms with van der Waals surface area (Å²) in [7, 11) is 0. The molecule has 1 atom stereocenters. The summed E-state index contributed by atoms with van der Waals surface area (Å²) in [5, 5.41) is 8.50. The van der Waals surface area contributed by atoms with Gasteiger partial charge in [-0.3, -0.25) is 4.79 Å². The molecule has 0 radical (unpaired) electrons. The molecule has 2 rings (SSSR count). The normalized spacial score (nSPS) is 12.0. The molecule has 1 unspecified atom stereocenters. The van der Waals surface area contributed by atoms with Crippen LogP contribution in [0.1, 0.15) is 39.7 Å². The van der Waals surface area contributed by atoms with E-state index in [9.17, 15) is 9.59 Å². The molecule has 3 N–H and O–H groups in total. The molecule has 0 aliphatic heterocycles. The van der Waals surface area contributed by atoms with Gasteiger partial charge in [0.05, 0.1) is 6.54 Å². The summed E-state index contributed by atoms with van der Waals surface area (Å²) in [6, 6.07) is 17.3. The number of anilines is 1. The molecule has 0 aliphatic rings. The highest BCUT2D eigenvalue weighted by Gasteiger charge is 2.23. The minimum atomic E-state index is -0.211. The summed E-state index contributed by atoms with van der Waals surface area (Å²) in [5.41, 5.74) is 1.90. The SMILES string of the molecule is CC(=O)Nc1cccc(OCCNC(=O)NC(C)CC(C)(C)c2ccccc2)c1. The topological polar surface area (TPSA) is 79.5 Å². The number of hydrogen-bond acceptors (Lipinski definition) is 3. The predicted molar refractivity (Wildman–Crippen MR) is 116 cm³/mol. The Morgan fingerprint density at radius 3 is 2.48 bits per heavy atom. The van der Waals surface area contributed by atoms with Gasteiger partial charge in [0.2, 0.25) is 5.91 Å². The number of ether oxygens (including phenoxy) is 1. The molecule has 0 spiro atoms. The summed E-state index contributed by atoms with van der Waals surface area (Å²) in [6.07, 6.45) is 0.830. The van der Waals surface area contributed by atoms with Crippen molar-refractivity contribution in [2.24, 2.45) is 0 Å². The standard InChI is InChI=1S/C23H31N3O3/c1-17(16-23(3,4)19-9-6-5-7-10-19)25-22(28)24-13-14-29-21-12-8-11-20(15-21)26-18(2)27/h5-12,15,17H,13-14,16H2,1-4H3,(H,26,27)(H2,24,25,28). The molecule has 6 heteroatoms. The highest BCUT2D eigenvalue weighted by atomic mass is 16.5. The first-order chi connectivity index (χ1) is 13.8. The zero-order valence-corrected chi connectivity index (χ0v) is 17.6. The first-order valence-corrected chi connectivity index (χ1v) is 9.86. The highest BCUT2D eigenvalue weighted by Crippen LogP contribution is 2.28. The predicted octanol–water partition coefficient (Wildman–Crippen LogP) is 4.08. The van der Waals surface area contributed by atoms with Gasteiger partial charge in [-0.05, 0) is 36.5 Å². The van der Waals surface area contributed by atoms with Crippen LogP contribution in [-0.4, -0.2) is 31.1 Å². The number of carbonyl (C=O) groups is 2. The van der Waals surface area contributed by atoms with Gasteiger partial charge in [0.15, 0.2) is 0 Å². The maximum atomic E-state index is 12.1. The van der Waals surface area contributed by atoms with E-state index in [2.05, 4.69) is 41.9 Å². The highest BCUT2D eigenvalue weighted by molar-refractivity contribution is 5.88. The number of nitrogens with one attached hydrogen (secondary N) is 3. The minimum absolute atomic E-state index is 0.0282. The van der Waals surface area contributed by atoms with Crippen LogP contribution in [0.4, 0.5) is 10.5 Å². The van der Waals surface area contributed by atoms with E-state index in [-0.39, 0.29) is 23.4 Å². The fourth-order valence-electron chi connectivity index (χ4n) is 3.30. The Morgan fingerprint density at radius 2 is 1.79 bits per heavy atom. The molecule has 0 aliphatic carbocycles. The molecule has 2 aromatic rings. The number of carbonyl (C=O) groups excluding carboxylic acids is 2. The molecular formula is C23H31N3O3. The molecule has 29 heavy (non-hydrogen) atoms. The van der Waals surface area contributed by atoms with E-state index >= 15 is 0 Å². The van der Waals surface area contributed by atoms with Crippen LogP contribution in [0.5, 0.6) is 5.75 Å². The van der Waals surface area contributed by atoms with Crippen LogP contribution < -0.4 is 20.7 Å². The van der Waals surface area contributed by atoms with Crippen molar-refractivity contribution in [2.45, 2.75) is 45.6 Å². The Balaban J connectivity index is 1.71. The average molecular weight is 398 g/mol. The Labute approximate surface area is 173 Å². The lowest BCUT2D eigenvalue weighted by Crippen LogP contribution is -2.44. The molecule has 0 fully saturated rings. The lowest BCUT2D eigenvalue weighted by molar-refractivity contribution is -0.114. The van der Waals surface area contributed by atoms with Crippen LogP contribution in [-0.2, 0) is 10.2 Å². The molecule has 0 heterocycles. The van der Waals surface area contributed by atoms with Crippen molar-refractivity contribution in [3.63, 3.8) is 0 Å².